The van der Waals surface area contributed by atoms with Crippen molar-refractivity contribution in [3.05, 3.63) is 0 Å². The van der Waals surface area contributed by atoms with Crippen LogP contribution >= 0.6 is 0 Å². The molecule has 0 aliphatic carbocycles. The Morgan fingerprint density at radius 3 is 3.17 bits per heavy atom. The first-order chi connectivity index (χ1) is 5.83. The monoisotopic (exact) mass is 172 g/mol. The number of methoxy groups -OCH3 is 1. The minimum absolute atomic E-state index is 0.0237. The van der Waals surface area contributed by atoms with Crippen LogP contribution in [-0.4, -0.2) is 39.3 Å². The number of hydrogen-bond acceptors (Lipinski definition) is 3. The summed E-state index contributed by atoms with van der Waals surface area (Å²) in [5, 5.41) is 6.07. The van der Waals surface area contributed by atoms with Crippen molar-refractivity contribution >= 4 is 5.91 Å². The fraction of sp³-hybridized carbons (Fsp3) is 0.875. The first-order valence-electron chi connectivity index (χ1n) is 4.29. The maximum Gasteiger partial charge on any atom is 0.245 e. The van der Waals surface area contributed by atoms with Crippen molar-refractivity contribution in [2.45, 2.75) is 6.42 Å². The molecule has 1 heterocycles. The van der Waals surface area contributed by atoms with Crippen molar-refractivity contribution in [1.82, 2.24) is 10.6 Å². The summed E-state index contributed by atoms with van der Waals surface area (Å²) in [5.41, 5.74) is 0. The van der Waals surface area contributed by atoms with Crippen molar-refractivity contribution in [1.29, 1.82) is 0 Å². The quantitative estimate of drug-likeness (QED) is 0.593. The molecule has 1 aliphatic heterocycles. The van der Waals surface area contributed by atoms with E-state index in [-0.39, 0.29) is 12.5 Å². The third kappa shape index (κ3) is 3.19. The molecule has 12 heavy (non-hydrogen) atoms. The van der Waals surface area contributed by atoms with E-state index in [0.717, 1.165) is 26.1 Å². The lowest BCUT2D eigenvalue weighted by molar-refractivity contribution is -0.124. The van der Waals surface area contributed by atoms with Crippen LogP contribution in [0.5, 0.6) is 0 Å². The van der Waals surface area contributed by atoms with E-state index in [0.29, 0.717) is 5.92 Å². The Hall–Kier alpha value is -0.610. The number of carbonyl (C=O) groups excluding carboxylic acids is 1. The Morgan fingerprint density at radius 1 is 1.75 bits per heavy atom. The second-order valence-corrected chi connectivity index (χ2v) is 3.10. The van der Waals surface area contributed by atoms with E-state index in [2.05, 4.69) is 10.6 Å². The topological polar surface area (TPSA) is 50.4 Å². The van der Waals surface area contributed by atoms with Gasteiger partial charge < -0.3 is 15.4 Å². The first kappa shape index (κ1) is 9.48. The van der Waals surface area contributed by atoms with Gasteiger partial charge in [0.25, 0.3) is 0 Å². The highest BCUT2D eigenvalue weighted by Crippen LogP contribution is 2.04. The zero-order valence-corrected chi connectivity index (χ0v) is 7.43. The molecule has 2 N–H and O–H groups in total. The van der Waals surface area contributed by atoms with Crippen LogP contribution in [0.2, 0.25) is 0 Å². The highest BCUT2D eigenvalue weighted by Gasteiger charge is 2.14. The molecule has 1 atom stereocenters. The third-order valence-corrected chi connectivity index (χ3v) is 2.03. The highest BCUT2D eigenvalue weighted by molar-refractivity contribution is 5.77. The molecule has 4 nitrogen and oxygen atoms in total. The molecule has 70 valence electrons. The molecule has 1 unspecified atom stereocenters. The summed E-state index contributed by atoms with van der Waals surface area (Å²) in [6.07, 6.45) is 1.16. The zero-order chi connectivity index (χ0) is 8.81. The number of nitrogens with one attached hydrogen (secondary N) is 2. The van der Waals surface area contributed by atoms with Gasteiger partial charge in [0, 0.05) is 13.7 Å². The fourth-order valence-electron chi connectivity index (χ4n) is 1.33. The molecule has 0 radical (unpaired) electrons. The molecule has 0 bridgehead atoms. The van der Waals surface area contributed by atoms with Crippen LogP contribution in [-0.2, 0) is 9.53 Å². The van der Waals surface area contributed by atoms with Crippen LogP contribution in [0.25, 0.3) is 0 Å². The molecule has 0 aromatic heterocycles. The van der Waals surface area contributed by atoms with Gasteiger partial charge >= 0.3 is 0 Å². The van der Waals surface area contributed by atoms with E-state index in [9.17, 15) is 4.79 Å². The van der Waals surface area contributed by atoms with Gasteiger partial charge in [0.1, 0.15) is 6.61 Å². The highest BCUT2D eigenvalue weighted by atomic mass is 16.5. The van der Waals surface area contributed by atoms with Crippen molar-refractivity contribution in [2.75, 3.05) is 33.4 Å². The van der Waals surface area contributed by atoms with Crippen molar-refractivity contribution < 1.29 is 9.53 Å². The van der Waals surface area contributed by atoms with E-state index in [1.807, 2.05) is 0 Å². The lowest BCUT2D eigenvalue weighted by atomic mass is 10.1. The van der Waals surface area contributed by atoms with E-state index in [1.165, 1.54) is 7.11 Å². The standard InChI is InChI=1S/C8H16N2O2/c1-12-6-8(11)10-5-7-2-3-9-4-7/h7,9H,2-6H2,1H3,(H,10,11). The van der Waals surface area contributed by atoms with E-state index in [1.54, 1.807) is 0 Å². The van der Waals surface area contributed by atoms with Gasteiger partial charge in [-0.3, -0.25) is 4.79 Å². The summed E-state index contributed by atoms with van der Waals surface area (Å²) in [7, 11) is 1.52. The Labute approximate surface area is 72.7 Å². The number of carbonyl (C=O) groups is 1. The average Bonchev–Trinajstić information content (AvgIpc) is 2.53. The van der Waals surface area contributed by atoms with Crippen molar-refractivity contribution in [3.63, 3.8) is 0 Å². The second kappa shape index (κ2) is 5.11. The molecule has 1 fully saturated rings. The Balaban J connectivity index is 2.03. The minimum atomic E-state index is -0.0237. The van der Waals surface area contributed by atoms with Crippen LogP contribution in [0.15, 0.2) is 0 Å². The molecule has 0 spiro atoms. The van der Waals surface area contributed by atoms with Crippen LogP contribution < -0.4 is 10.6 Å². The molecule has 0 aromatic rings. The smallest absolute Gasteiger partial charge is 0.245 e. The molecule has 0 aromatic carbocycles. The van der Waals surface area contributed by atoms with Crippen LogP contribution in [0.1, 0.15) is 6.42 Å². The molecular weight excluding hydrogens is 156 g/mol. The summed E-state index contributed by atoms with van der Waals surface area (Å²) < 4.78 is 4.69. The lowest BCUT2D eigenvalue weighted by Gasteiger charge is -2.08. The van der Waals surface area contributed by atoms with Gasteiger partial charge in [0.15, 0.2) is 0 Å². The maximum absolute atomic E-state index is 10.9. The van der Waals surface area contributed by atoms with Crippen LogP contribution in [0.4, 0.5) is 0 Å². The Bertz CT molecular complexity index is 144. The summed E-state index contributed by atoms with van der Waals surface area (Å²) in [6.45, 7) is 3.04. The van der Waals surface area contributed by atoms with Gasteiger partial charge in [0.2, 0.25) is 5.91 Å². The van der Waals surface area contributed by atoms with Gasteiger partial charge in [-0.15, -0.1) is 0 Å². The number of hydrogen-bond donors (Lipinski definition) is 2. The predicted molar refractivity (Wildman–Crippen MR) is 45.9 cm³/mol. The molecule has 1 rings (SSSR count). The SMILES string of the molecule is COCC(=O)NCC1CCNC1. The minimum Gasteiger partial charge on any atom is -0.375 e. The van der Waals surface area contributed by atoms with E-state index < -0.39 is 0 Å². The lowest BCUT2D eigenvalue weighted by Crippen LogP contribution is -2.32. The largest absolute Gasteiger partial charge is 0.375 e. The summed E-state index contributed by atoms with van der Waals surface area (Å²) >= 11 is 0. The van der Waals surface area contributed by atoms with Crippen molar-refractivity contribution in [3.8, 4) is 0 Å². The second-order valence-electron chi connectivity index (χ2n) is 3.10. The average molecular weight is 172 g/mol. The molecule has 4 heteroatoms. The molecule has 1 saturated heterocycles. The van der Waals surface area contributed by atoms with Gasteiger partial charge in [-0.25, -0.2) is 0 Å². The van der Waals surface area contributed by atoms with E-state index >= 15 is 0 Å². The zero-order valence-electron chi connectivity index (χ0n) is 7.43. The van der Waals surface area contributed by atoms with Crippen molar-refractivity contribution in [2.24, 2.45) is 5.92 Å². The third-order valence-electron chi connectivity index (χ3n) is 2.03. The molecule has 0 saturated carbocycles. The first-order valence-corrected chi connectivity index (χ1v) is 4.29. The Kier molecular flexibility index (Phi) is 4.04. The maximum atomic E-state index is 10.9. The summed E-state index contributed by atoms with van der Waals surface area (Å²) in [6, 6.07) is 0. The van der Waals surface area contributed by atoms with Gasteiger partial charge in [-0.05, 0) is 25.4 Å². The fourth-order valence-corrected chi connectivity index (χ4v) is 1.33. The number of amides is 1. The van der Waals surface area contributed by atoms with Crippen LogP contribution in [0.3, 0.4) is 0 Å². The van der Waals surface area contributed by atoms with E-state index in [4.69, 9.17) is 4.74 Å². The van der Waals surface area contributed by atoms with Gasteiger partial charge in [-0.2, -0.15) is 0 Å². The van der Waals surface area contributed by atoms with Crippen LogP contribution in [0, 0.1) is 5.92 Å². The summed E-state index contributed by atoms with van der Waals surface area (Å²) in [5.74, 6) is 0.579. The predicted octanol–water partition coefficient (Wildman–Crippen LogP) is -0.641. The number of rotatable bonds is 4. The normalized spacial score (nSPS) is 22.6. The summed E-state index contributed by atoms with van der Waals surface area (Å²) in [4.78, 5) is 10.9. The molecule has 1 amide bonds. The molecular formula is C8H16N2O2. The molecule has 1 aliphatic rings. The van der Waals surface area contributed by atoms with Gasteiger partial charge in [-0.1, -0.05) is 0 Å². The number of ether oxygens (including phenoxy) is 1. The van der Waals surface area contributed by atoms with Gasteiger partial charge in [0.05, 0.1) is 0 Å². The Morgan fingerprint density at radius 2 is 2.58 bits per heavy atom.